The number of hydrogen-bond donors (Lipinski definition) is 2. The lowest BCUT2D eigenvalue weighted by Gasteiger charge is -2.16. The third-order valence-corrected chi connectivity index (χ3v) is 4.24. The Kier molecular flexibility index (Phi) is 3.98. The minimum absolute atomic E-state index is 0.0585. The Morgan fingerprint density at radius 2 is 2.00 bits per heavy atom. The molecule has 1 aromatic heterocycles. The minimum Gasteiger partial charge on any atom is -0.394 e. The summed E-state index contributed by atoms with van der Waals surface area (Å²) >= 11 is 5.11. The van der Waals surface area contributed by atoms with Crippen LogP contribution in [0.4, 0.5) is 5.69 Å². The molecule has 16 heavy (non-hydrogen) atoms. The summed E-state index contributed by atoms with van der Waals surface area (Å²) in [7, 11) is 0. The molecule has 0 amide bonds. The van der Waals surface area contributed by atoms with Crippen LogP contribution in [0.15, 0.2) is 46.3 Å². The maximum atomic E-state index is 9.41. The molecule has 0 fully saturated rings. The fourth-order valence-corrected chi connectivity index (χ4v) is 3.18. The van der Waals surface area contributed by atoms with Crippen LogP contribution in [0.5, 0.6) is 0 Å². The first kappa shape index (κ1) is 11.6. The Labute approximate surface area is 107 Å². The molecule has 0 saturated heterocycles. The van der Waals surface area contributed by atoms with Crippen LogP contribution in [0, 0.1) is 0 Å². The first-order valence-corrected chi connectivity index (χ1v) is 6.64. The molecule has 4 heteroatoms. The van der Waals surface area contributed by atoms with Gasteiger partial charge in [-0.3, -0.25) is 0 Å². The third-order valence-electron chi connectivity index (χ3n) is 2.26. The molecule has 1 heterocycles. The quantitative estimate of drug-likeness (QED) is 0.903. The highest BCUT2D eigenvalue weighted by atomic mass is 79.9. The van der Waals surface area contributed by atoms with Gasteiger partial charge in [-0.05, 0) is 39.5 Å². The number of hydrogen-bond acceptors (Lipinski definition) is 3. The topological polar surface area (TPSA) is 32.3 Å². The van der Waals surface area contributed by atoms with Crippen molar-refractivity contribution >= 4 is 33.0 Å². The highest BCUT2D eigenvalue weighted by Gasteiger charge is 2.14. The predicted molar refractivity (Wildman–Crippen MR) is 71.9 cm³/mol. The summed E-state index contributed by atoms with van der Waals surface area (Å²) in [6.45, 7) is 0.0774. The maximum absolute atomic E-state index is 9.41. The monoisotopic (exact) mass is 297 g/mol. The summed E-state index contributed by atoms with van der Waals surface area (Å²) in [5, 5.41) is 14.7. The van der Waals surface area contributed by atoms with Crippen molar-refractivity contribution in [3.63, 3.8) is 0 Å². The van der Waals surface area contributed by atoms with E-state index in [1.54, 1.807) is 11.3 Å². The molecule has 0 spiro atoms. The minimum atomic E-state index is -0.0585. The van der Waals surface area contributed by atoms with Crippen LogP contribution >= 0.6 is 27.3 Å². The highest BCUT2D eigenvalue weighted by Crippen LogP contribution is 2.30. The second-order valence-corrected chi connectivity index (χ2v) is 5.18. The van der Waals surface area contributed by atoms with Gasteiger partial charge in [0.25, 0.3) is 0 Å². The lowest BCUT2D eigenvalue weighted by molar-refractivity contribution is 0.277. The molecule has 2 N–H and O–H groups in total. The van der Waals surface area contributed by atoms with E-state index in [2.05, 4.69) is 21.2 Å². The van der Waals surface area contributed by atoms with Crippen LogP contribution in [0.2, 0.25) is 0 Å². The van der Waals surface area contributed by atoms with E-state index >= 15 is 0 Å². The van der Waals surface area contributed by atoms with Gasteiger partial charge in [0.2, 0.25) is 0 Å². The summed E-state index contributed by atoms with van der Waals surface area (Å²) in [4.78, 5) is 1.12. The summed E-state index contributed by atoms with van der Waals surface area (Å²) in [6, 6.07) is 11.8. The van der Waals surface area contributed by atoms with Crippen LogP contribution < -0.4 is 5.32 Å². The van der Waals surface area contributed by atoms with Gasteiger partial charge in [-0.2, -0.15) is 0 Å². The molecule has 0 radical (unpaired) electrons. The van der Waals surface area contributed by atoms with Crippen LogP contribution in [0.1, 0.15) is 10.9 Å². The van der Waals surface area contributed by atoms with Crippen molar-refractivity contribution in [1.82, 2.24) is 0 Å². The number of aliphatic hydroxyl groups excluding tert-OH is 1. The Morgan fingerprint density at radius 3 is 2.56 bits per heavy atom. The van der Waals surface area contributed by atoms with Crippen molar-refractivity contribution in [1.29, 1.82) is 0 Å². The molecule has 2 nitrogen and oxygen atoms in total. The van der Waals surface area contributed by atoms with Crippen molar-refractivity contribution in [2.45, 2.75) is 6.04 Å². The third kappa shape index (κ3) is 2.64. The number of thiophene rings is 1. The molecule has 0 saturated carbocycles. The summed E-state index contributed by atoms with van der Waals surface area (Å²) < 4.78 is 1.04. The van der Waals surface area contributed by atoms with Gasteiger partial charge in [0.1, 0.15) is 0 Å². The largest absolute Gasteiger partial charge is 0.394 e. The molecule has 0 bridgehead atoms. The smallest absolute Gasteiger partial charge is 0.0849 e. The molecule has 1 atom stereocenters. The van der Waals surface area contributed by atoms with Crippen LogP contribution in [0.3, 0.4) is 0 Å². The fraction of sp³-hybridized carbons (Fsp3) is 0.167. The number of anilines is 1. The fourth-order valence-electron chi connectivity index (χ4n) is 1.48. The van der Waals surface area contributed by atoms with E-state index in [0.29, 0.717) is 0 Å². The van der Waals surface area contributed by atoms with Gasteiger partial charge in [-0.1, -0.05) is 18.2 Å². The van der Waals surface area contributed by atoms with Gasteiger partial charge in [0.05, 0.1) is 12.6 Å². The molecule has 0 aliphatic rings. The van der Waals surface area contributed by atoms with Crippen LogP contribution in [-0.2, 0) is 0 Å². The molecule has 2 aromatic rings. The Hall–Kier alpha value is -0.840. The molecule has 0 aliphatic heterocycles. The average Bonchev–Trinajstić information content (AvgIpc) is 2.74. The van der Waals surface area contributed by atoms with E-state index in [-0.39, 0.29) is 12.6 Å². The number of para-hydroxylation sites is 1. The van der Waals surface area contributed by atoms with E-state index in [9.17, 15) is 5.11 Å². The Morgan fingerprint density at radius 1 is 1.25 bits per heavy atom. The van der Waals surface area contributed by atoms with Gasteiger partial charge in [-0.25, -0.2) is 0 Å². The molecule has 84 valence electrons. The maximum Gasteiger partial charge on any atom is 0.0849 e. The number of aliphatic hydroxyl groups is 1. The zero-order valence-electron chi connectivity index (χ0n) is 8.56. The zero-order valence-corrected chi connectivity index (χ0v) is 11.0. The number of rotatable bonds is 4. The van der Waals surface area contributed by atoms with Crippen LogP contribution in [0.25, 0.3) is 0 Å². The average molecular weight is 298 g/mol. The molecular weight excluding hydrogens is 286 g/mol. The second-order valence-electron chi connectivity index (χ2n) is 3.38. The lowest BCUT2D eigenvalue weighted by Crippen LogP contribution is -2.13. The van der Waals surface area contributed by atoms with Crippen molar-refractivity contribution in [2.75, 3.05) is 11.9 Å². The van der Waals surface area contributed by atoms with E-state index in [1.807, 2.05) is 41.8 Å². The normalized spacial score (nSPS) is 12.4. The zero-order chi connectivity index (χ0) is 11.4. The Bertz CT molecular complexity index is 443. The van der Waals surface area contributed by atoms with E-state index < -0.39 is 0 Å². The highest BCUT2D eigenvalue weighted by molar-refractivity contribution is 9.10. The first-order valence-electron chi connectivity index (χ1n) is 4.96. The van der Waals surface area contributed by atoms with Crippen molar-refractivity contribution in [3.05, 3.63) is 51.1 Å². The molecular formula is C12H12BrNOS. The van der Waals surface area contributed by atoms with E-state index in [1.165, 1.54) is 0 Å². The molecule has 0 aliphatic carbocycles. The predicted octanol–water partition coefficient (Wildman–Crippen LogP) is 3.66. The SMILES string of the molecule is OCC(Nc1ccccc1)c1sccc1Br. The molecule has 1 unspecified atom stereocenters. The van der Waals surface area contributed by atoms with Gasteiger partial charge in [-0.15, -0.1) is 11.3 Å². The summed E-state index contributed by atoms with van der Waals surface area (Å²) in [5.74, 6) is 0. The van der Waals surface area contributed by atoms with Crippen molar-refractivity contribution in [2.24, 2.45) is 0 Å². The van der Waals surface area contributed by atoms with Crippen molar-refractivity contribution < 1.29 is 5.11 Å². The van der Waals surface area contributed by atoms with Crippen LogP contribution in [-0.4, -0.2) is 11.7 Å². The Balaban J connectivity index is 2.16. The van der Waals surface area contributed by atoms with E-state index in [0.717, 1.165) is 15.0 Å². The first-order chi connectivity index (χ1) is 7.81. The van der Waals surface area contributed by atoms with Gasteiger partial charge in [0.15, 0.2) is 0 Å². The second kappa shape index (κ2) is 5.48. The molecule has 2 rings (SSSR count). The number of benzene rings is 1. The standard InChI is InChI=1S/C12H12BrNOS/c13-10-6-7-16-12(10)11(8-15)14-9-4-2-1-3-5-9/h1-7,11,14-15H,8H2. The lowest BCUT2D eigenvalue weighted by atomic mass is 10.2. The molecule has 1 aromatic carbocycles. The summed E-state index contributed by atoms with van der Waals surface area (Å²) in [5.41, 5.74) is 1.02. The van der Waals surface area contributed by atoms with Crippen molar-refractivity contribution in [3.8, 4) is 0 Å². The number of nitrogens with one attached hydrogen (secondary N) is 1. The van der Waals surface area contributed by atoms with Gasteiger partial charge >= 0.3 is 0 Å². The van der Waals surface area contributed by atoms with Gasteiger partial charge < -0.3 is 10.4 Å². The van der Waals surface area contributed by atoms with Gasteiger partial charge in [0, 0.05) is 15.0 Å². The summed E-state index contributed by atoms with van der Waals surface area (Å²) in [6.07, 6.45) is 0. The van der Waals surface area contributed by atoms with E-state index in [4.69, 9.17) is 0 Å². The number of halogens is 1.